The Labute approximate surface area is 164 Å². The number of sulfonamides is 1. The largest absolute Gasteiger partial charge is 0.346 e. The maximum absolute atomic E-state index is 12.6. The zero-order valence-corrected chi connectivity index (χ0v) is 16.2. The van der Waals surface area contributed by atoms with E-state index in [1.807, 2.05) is 37.3 Å². The van der Waals surface area contributed by atoms with Crippen molar-refractivity contribution in [2.45, 2.75) is 24.4 Å². The Morgan fingerprint density at radius 1 is 1.00 bits per heavy atom. The molecule has 0 fully saturated rings. The molecule has 0 spiro atoms. The molecule has 1 aromatic heterocycles. The first-order chi connectivity index (χ1) is 13.5. The molecule has 0 aliphatic heterocycles. The topological polar surface area (TPSA) is 88.2 Å². The molecular formula is C21H21N3O3S. The highest BCUT2D eigenvalue weighted by atomic mass is 32.2. The standard InChI is InChI=1S/C21H21N3O3S/c1-16(18-6-3-2-4-7-18)24-21(25)19-8-5-9-20(14-19)28(26,27)23-15-17-10-12-22-13-11-17/h2-14,16,23H,15H2,1H3,(H,24,25). The smallest absolute Gasteiger partial charge is 0.251 e. The summed E-state index contributed by atoms with van der Waals surface area (Å²) in [6, 6.07) is 18.8. The lowest BCUT2D eigenvalue weighted by Crippen LogP contribution is -2.27. The monoisotopic (exact) mass is 395 g/mol. The van der Waals surface area contributed by atoms with Crippen molar-refractivity contribution >= 4 is 15.9 Å². The van der Waals surface area contributed by atoms with Crippen molar-refractivity contribution in [2.24, 2.45) is 0 Å². The van der Waals surface area contributed by atoms with Crippen molar-refractivity contribution in [1.82, 2.24) is 15.0 Å². The molecule has 1 unspecified atom stereocenters. The SMILES string of the molecule is CC(NC(=O)c1cccc(S(=O)(=O)NCc2ccncc2)c1)c1ccccc1. The van der Waals surface area contributed by atoms with E-state index in [0.717, 1.165) is 11.1 Å². The number of nitrogens with one attached hydrogen (secondary N) is 2. The highest BCUT2D eigenvalue weighted by Crippen LogP contribution is 2.15. The van der Waals surface area contributed by atoms with E-state index in [1.165, 1.54) is 12.1 Å². The van der Waals surface area contributed by atoms with Crippen LogP contribution >= 0.6 is 0 Å². The number of benzene rings is 2. The summed E-state index contributed by atoms with van der Waals surface area (Å²) in [4.78, 5) is 16.5. The summed E-state index contributed by atoms with van der Waals surface area (Å²) in [7, 11) is -3.75. The maximum atomic E-state index is 12.6. The summed E-state index contributed by atoms with van der Waals surface area (Å²) in [5.74, 6) is -0.331. The molecule has 1 atom stereocenters. The molecule has 28 heavy (non-hydrogen) atoms. The van der Waals surface area contributed by atoms with Gasteiger partial charge in [0.1, 0.15) is 0 Å². The minimum absolute atomic E-state index is 0.0431. The molecule has 1 amide bonds. The van der Waals surface area contributed by atoms with Crippen LogP contribution in [0.25, 0.3) is 0 Å². The molecule has 0 saturated heterocycles. The molecule has 0 radical (unpaired) electrons. The average molecular weight is 395 g/mol. The summed E-state index contributed by atoms with van der Waals surface area (Å²) in [6.07, 6.45) is 3.20. The number of rotatable bonds is 7. The Morgan fingerprint density at radius 2 is 1.71 bits per heavy atom. The van der Waals surface area contributed by atoms with Gasteiger partial charge < -0.3 is 5.32 Å². The Morgan fingerprint density at radius 3 is 2.43 bits per heavy atom. The third kappa shape index (κ3) is 5.03. The van der Waals surface area contributed by atoms with E-state index in [-0.39, 0.29) is 29.0 Å². The summed E-state index contributed by atoms with van der Waals surface area (Å²) < 4.78 is 27.7. The third-order valence-electron chi connectivity index (χ3n) is 4.27. The summed E-state index contributed by atoms with van der Waals surface area (Å²) in [6.45, 7) is 2.02. The lowest BCUT2D eigenvalue weighted by Gasteiger charge is -2.15. The summed E-state index contributed by atoms with van der Waals surface area (Å²) in [5.41, 5.74) is 2.05. The Bertz CT molecular complexity index is 1040. The first kappa shape index (κ1) is 19.7. The Kier molecular flexibility index (Phi) is 6.18. The fraction of sp³-hybridized carbons (Fsp3) is 0.143. The number of carbonyl (C=O) groups excluding carboxylic acids is 1. The lowest BCUT2D eigenvalue weighted by molar-refractivity contribution is 0.0939. The van der Waals surface area contributed by atoms with Crippen molar-refractivity contribution < 1.29 is 13.2 Å². The van der Waals surface area contributed by atoms with Crippen molar-refractivity contribution in [1.29, 1.82) is 0 Å². The van der Waals surface area contributed by atoms with Gasteiger partial charge in [-0.15, -0.1) is 0 Å². The van der Waals surface area contributed by atoms with Crippen LogP contribution in [0.5, 0.6) is 0 Å². The van der Waals surface area contributed by atoms with E-state index in [0.29, 0.717) is 0 Å². The zero-order valence-electron chi connectivity index (χ0n) is 15.4. The molecule has 7 heteroatoms. The number of carbonyl (C=O) groups is 1. The molecule has 0 saturated carbocycles. The molecule has 1 heterocycles. The first-order valence-corrected chi connectivity index (χ1v) is 10.3. The molecular weight excluding hydrogens is 374 g/mol. The molecule has 2 N–H and O–H groups in total. The van der Waals surface area contributed by atoms with Crippen LogP contribution in [-0.2, 0) is 16.6 Å². The minimum atomic E-state index is -3.75. The second-order valence-corrected chi connectivity index (χ2v) is 8.08. The van der Waals surface area contributed by atoms with Gasteiger partial charge in [-0.1, -0.05) is 36.4 Å². The molecule has 0 aliphatic carbocycles. The van der Waals surface area contributed by atoms with Gasteiger partial charge in [0.25, 0.3) is 5.91 Å². The quantitative estimate of drug-likeness (QED) is 0.644. The van der Waals surface area contributed by atoms with Crippen molar-refractivity contribution in [3.05, 3.63) is 95.8 Å². The second kappa shape index (κ2) is 8.77. The van der Waals surface area contributed by atoms with Gasteiger partial charge in [-0.3, -0.25) is 9.78 Å². The van der Waals surface area contributed by atoms with Gasteiger partial charge in [0.15, 0.2) is 0 Å². The van der Waals surface area contributed by atoms with Gasteiger partial charge >= 0.3 is 0 Å². The predicted octanol–water partition coefficient (Wildman–Crippen LogP) is 3.05. The molecule has 3 rings (SSSR count). The van der Waals surface area contributed by atoms with E-state index in [2.05, 4.69) is 15.0 Å². The average Bonchev–Trinajstić information content (AvgIpc) is 2.74. The van der Waals surface area contributed by atoms with Gasteiger partial charge in [-0.25, -0.2) is 13.1 Å². The maximum Gasteiger partial charge on any atom is 0.251 e. The molecule has 6 nitrogen and oxygen atoms in total. The fourth-order valence-electron chi connectivity index (χ4n) is 2.67. The number of aromatic nitrogens is 1. The number of nitrogens with zero attached hydrogens (tertiary/aromatic N) is 1. The van der Waals surface area contributed by atoms with Gasteiger partial charge in [-0.2, -0.15) is 0 Å². The predicted molar refractivity (Wildman–Crippen MR) is 107 cm³/mol. The van der Waals surface area contributed by atoms with Crippen LogP contribution in [0.3, 0.4) is 0 Å². The van der Waals surface area contributed by atoms with Crippen LogP contribution in [0.15, 0.2) is 84.0 Å². The Hall–Kier alpha value is -3.03. The summed E-state index contributed by atoms with van der Waals surface area (Å²) >= 11 is 0. The van der Waals surface area contributed by atoms with E-state index in [1.54, 1.807) is 36.7 Å². The van der Waals surface area contributed by atoms with Crippen LogP contribution in [0.1, 0.15) is 34.5 Å². The fourth-order valence-corrected chi connectivity index (χ4v) is 3.74. The van der Waals surface area contributed by atoms with Crippen molar-refractivity contribution in [2.75, 3.05) is 0 Å². The number of hydrogen-bond acceptors (Lipinski definition) is 4. The van der Waals surface area contributed by atoms with E-state index in [9.17, 15) is 13.2 Å². The molecule has 0 aliphatic rings. The van der Waals surface area contributed by atoms with Gasteiger partial charge in [0, 0.05) is 24.5 Å². The lowest BCUT2D eigenvalue weighted by atomic mass is 10.1. The molecule has 3 aromatic rings. The highest BCUT2D eigenvalue weighted by molar-refractivity contribution is 7.89. The first-order valence-electron chi connectivity index (χ1n) is 8.80. The van der Waals surface area contributed by atoms with Gasteiger partial charge in [0.2, 0.25) is 10.0 Å². The molecule has 0 bridgehead atoms. The van der Waals surface area contributed by atoms with E-state index < -0.39 is 10.0 Å². The Balaban J connectivity index is 1.71. The van der Waals surface area contributed by atoms with Crippen LogP contribution in [0.2, 0.25) is 0 Å². The van der Waals surface area contributed by atoms with Crippen LogP contribution in [-0.4, -0.2) is 19.3 Å². The van der Waals surface area contributed by atoms with E-state index >= 15 is 0 Å². The highest BCUT2D eigenvalue weighted by Gasteiger charge is 2.17. The molecule has 2 aromatic carbocycles. The normalized spacial score (nSPS) is 12.3. The van der Waals surface area contributed by atoms with Crippen LogP contribution in [0, 0.1) is 0 Å². The minimum Gasteiger partial charge on any atom is -0.346 e. The summed E-state index contributed by atoms with van der Waals surface area (Å²) in [5, 5.41) is 2.89. The second-order valence-electron chi connectivity index (χ2n) is 6.31. The third-order valence-corrected chi connectivity index (χ3v) is 5.67. The van der Waals surface area contributed by atoms with Gasteiger partial charge in [0.05, 0.1) is 10.9 Å². The zero-order chi connectivity index (χ0) is 20.0. The number of amides is 1. The molecule has 144 valence electrons. The van der Waals surface area contributed by atoms with Crippen molar-refractivity contribution in [3.63, 3.8) is 0 Å². The number of pyridine rings is 1. The van der Waals surface area contributed by atoms with Crippen molar-refractivity contribution in [3.8, 4) is 0 Å². The van der Waals surface area contributed by atoms with Crippen LogP contribution in [0.4, 0.5) is 0 Å². The van der Waals surface area contributed by atoms with E-state index in [4.69, 9.17) is 0 Å². The van der Waals surface area contributed by atoms with Gasteiger partial charge in [-0.05, 0) is 48.4 Å². The van der Waals surface area contributed by atoms with Crippen LogP contribution < -0.4 is 10.0 Å². The number of hydrogen-bond donors (Lipinski definition) is 2.